The van der Waals surface area contributed by atoms with Crippen molar-refractivity contribution in [1.29, 1.82) is 0 Å². The van der Waals surface area contributed by atoms with Gasteiger partial charge in [-0.15, -0.1) is 0 Å². The Morgan fingerprint density at radius 2 is 2.06 bits per heavy atom. The van der Waals surface area contributed by atoms with Crippen LogP contribution in [0.5, 0.6) is 0 Å². The zero-order valence-corrected chi connectivity index (χ0v) is 13.3. The van der Waals surface area contributed by atoms with E-state index < -0.39 is 0 Å². The molecule has 18 heavy (non-hydrogen) atoms. The number of nitrogens with two attached hydrogens (primary N) is 1. The molecule has 0 atom stereocenters. The number of halogens is 1. The summed E-state index contributed by atoms with van der Waals surface area (Å²) in [6, 6.07) is 8.09. The van der Waals surface area contributed by atoms with Crippen LogP contribution in [0.4, 0.5) is 0 Å². The highest BCUT2D eigenvalue weighted by molar-refractivity contribution is 9.10. The summed E-state index contributed by atoms with van der Waals surface area (Å²) in [4.78, 5) is 0.577. The molecule has 0 aromatic heterocycles. The summed E-state index contributed by atoms with van der Waals surface area (Å²) in [5, 5.41) is 0. The van der Waals surface area contributed by atoms with Crippen molar-refractivity contribution in [2.24, 2.45) is 11.1 Å². The van der Waals surface area contributed by atoms with Gasteiger partial charge < -0.3 is 10.5 Å². The number of hydrogen-bond acceptors (Lipinski definition) is 2. The summed E-state index contributed by atoms with van der Waals surface area (Å²) in [6.07, 6.45) is 1.92. The van der Waals surface area contributed by atoms with Crippen LogP contribution in [-0.2, 0) is 11.3 Å². The first-order chi connectivity index (χ1) is 8.43. The van der Waals surface area contributed by atoms with Crippen molar-refractivity contribution in [3.8, 4) is 0 Å². The van der Waals surface area contributed by atoms with Crippen molar-refractivity contribution >= 4 is 33.1 Å². The van der Waals surface area contributed by atoms with Crippen LogP contribution in [0, 0.1) is 5.41 Å². The summed E-state index contributed by atoms with van der Waals surface area (Å²) < 4.78 is 6.75. The monoisotopic (exact) mass is 329 g/mol. The number of benzene rings is 1. The SMILES string of the molecule is CC(C)(CCCOCc1ccccc1Br)C(N)=S. The Hall–Kier alpha value is -0.450. The van der Waals surface area contributed by atoms with Crippen LogP contribution in [0.3, 0.4) is 0 Å². The molecule has 0 saturated heterocycles. The molecule has 0 aliphatic carbocycles. The fourth-order valence-corrected chi connectivity index (χ4v) is 2.04. The van der Waals surface area contributed by atoms with Gasteiger partial charge in [-0.2, -0.15) is 0 Å². The molecular formula is C14H20BrNOS. The smallest absolute Gasteiger partial charge is 0.0784 e. The maximum absolute atomic E-state index is 5.68. The molecule has 0 spiro atoms. The van der Waals surface area contributed by atoms with Gasteiger partial charge in [-0.1, -0.05) is 60.2 Å². The molecule has 0 heterocycles. The van der Waals surface area contributed by atoms with E-state index in [1.807, 2.05) is 18.2 Å². The summed E-state index contributed by atoms with van der Waals surface area (Å²) in [5.41, 5.74) is 6.78. The van der Waals surface area contributed by atoms with Crippen molar-refractivity contribution in [3.63, 3.8) is 0 Å². The maximum atomic E-state index is 5.68. The lowest BCUT2D eigenvalue weighted by molar-refractivity contribution is 0.112. The maximum Gasteiger partial charge on any atom is 0.0784 e. The van der Waals surface area contributed by atoms with Crippen molar-refractivity contribution in [3.05, 3.63) is 34.3 Å². The predicted octanol–water partition coefficient (Wildman–Crippen LogP) is 4.06. The third-order valence-electron chi connectivity index (χ3n) is 2.97. The van der Waals surface area contributed by atoms with E-state index in [2.05, 4.69) is 35.8 Å². The Balaban J connectivity index is 2.24. The molecule has 100 valence electrons. The molecule has 0 unspecified atom stereocenters. The van der Waals surface area contributed by atoms with Crippen molar-refractivity contribution in [2.75, 3.05) is 6.61 Å². The van der Waals surface area contributed by atoms with E-state index in [4.69, 9.17) is 22.7 Å². The number of rotatable bonds is 7. The molecule has 0 fully saturated rings. The summed E-state index contributed by atoms with van der Waals surface area (Å²) in [6.45, 7) is 5.51. The van der Waals surface area contributed by atoms with Crippen molar-refractivity contribution in [2.45, 2.75) is 33.3 Å². The van der Waals surface area contributed by atoms with Gasteiger partial charge in [0.15, 0.2) is 0 Å². The number of hydrogen-bond donors (Lipinski definition) is 1. The molecule has 0 amide bonds. The lowest BCUT2D eigenvalue weighted by Gasteiger charge is -2.22. The second-order valence-corrected chi connectivity index (χ2v) is 6.29. The Bertz CT molecular complexity index is 407. The van der Waals surface area contributed by atoms with Gasteiger partial charge in [0.05, 0.1) is 11.6 Å². The highest BCUT2D eigenvalue weighted by atomic mass is 79.9. The summed E-state index contributed by atoms with van der Waals surface area (Å²) >= 11 is 8.54. The molecule has 0 bridgehead atoms. The van der Waals surface area contributed by atoms with Crippen LogP contribution < -0.4 is 5.73 Å². The fraction of sp³-hybridized carbons (Fsp3) is 0.500. The molecule has 2 N–H and O–H groups in total. The van der Waals surface area contributed by atoms with Gasteiger partial charge in [0.25, 0.3) is 0 Å². The lowest BCUT2D eigenvalue weighted by Crippen LogP contribution is -2.29. The molecule has 4 heteroatoms. The Labute approximate surface area is 123 Å². The lowest BCUT2D eigenvalue weighted by atomic mass is 9.88. The first-order valence-electron chi connectivity index (χ1n) is 6.04. The molecule has 0 aliphatic rings. The predicted molar refractivity (Wildman–Crippen MR) is 83.6 cm³/mol. The van der Waals surface area contributed by atoms with Gasteiger partial charge in [0.1, 0.15) is 0 Å². The highest BCUT2D eigenvalue weighted by Gasteiger charge is 2.20. The zero-order chi connectivity index (χ0) is 13.6. The molecule has 1 aromatic rings. The number of ether oxygens (including phenoxy) is 1. The molecule has 2 nitrogen and oxygen atoms in total. The van der Waals surface area contributed by atoms with Crippen molar-refractivity contribution < 1.29 is 4.74 Å². The van der Waals surface area contributed by atoms with Gasteiger partial charge in [-0.25, -0.2) is 0 Å². The van der Waals surface area contributed by atoms with E-state index in [9.17, 15) is 0 Å². The molecule has 0 aliphatic heterocycles. The third kappa shape index (κ3) is 5.04. The minimum Gasteiger partial charge on any atom is -0.393 e. The molecule has 0 saturated carbocycles. The standard InChI is InChI=1S/C14H20BrNOS/c1-14(2,13(16)18)8-5-9-17-10-11-6-3-4-7-12(11)15/h3-4,6-7H,5,8-10H2,1-2H3,(H2,16,18). The first-order valence-corrected chi connectivity index (χ1v) is 7.24. The van der Waals surface area contributed by atoms with Gasteiger partial charge in [-0.05, 0) is 24.5 Å². The molecular weight excluding hydrogens is 310 g/mol. The Kier molecular flexibility index (Phi) is 6.26. The second kappa shape index (κ2) is 7.22. The van der Waals surface area contributed by atoms with Crippen LogP contribution in [0.1, 0.15) is 32.3 Å². The van der Waals surface area contributed by atoms with Crippen LogP contribution in [0.2, 0.25) is 0 Å². The van der Waals surface area contributed by atoms with E-state index in [1.54, 1.807) is 0 Å². The average Bonchev–Trinajstić information content (AvgIpc) is 2.30. The van der Waals surface area contributed by atoms with Crippen molar-refractivity contribution in [1.82, 2.24) is 0 Å². The van der Waals surface area contributed by atoms with Crippen LogP contribution >= 0.6 is 28.1 Å². The molecule has 1 rings (SSSR count). The normalized spacial score (nSPS) is 11.5. The van der Waals surface area contributed by atoms with Gasteiger partial charge in [-0.3, -0.25) is 0 Å². The minimum atomic E-state index is -0.0774. The van der Waals surface area contributed by atoms with E-state index in [1.165, 1.54) is 5.56 Å². The molecule has 0 radical (unpaired) electrons. The Morgan fingerprint density at radius 3 is 2.67 bits per heavy atom. The van der Waals surface area contributed by atoms with Gasteiger partial charge in [0, 0.05) is 16.5 Å². The van der Waals surface area contributed by atoms with E-state index >= 15 is 0 Å². The average molecular weight is 330 g/mol. The van der Waals surface area contributed by atoms with Crippen LogP contribution in [0.25, 0.3) is 0 Å². The van der Waals surface area contributed by atoms with E-state index in [0.717, 1.165) is 23.9 Å². The quantitative estimate of drug-likeness (QED) is 0.605. The summed E-state index contributed by atoms with van der Waals surface area (Å²) in [5.74, 6) is 0. The fourth-order valence-electron chi connectivity index (χ4n) is 1.54. The van der Waals surface area contributed by atoms with E-state index in [-0.39, 0.29) is 5.41 Å². The van der Waals surface area contributed by atoms with E-state index in [0.29, 0.717) is 11.6 Å². The Morgan fingerprint density at radius 1 is 1.39 bits per heavy atom. The summed E-state index contributed by atoms with van der Waals surface area (Å²) in [7, 11) is 0. The van der Waals surface area contributed by atoms with Crippen LogP contribution in [-0.4, -0.2) is 11.6 Å². The topological polar surface area (TPSA) is 35.2 Å². The minimum absolute atomic E-state index is 0.0774. The van der Waals surface area contributed by atoms with Gasteiger partial charge >= 0.3 is 0 Å². The first kappa shape index (κ1) is 15.6. The highest BCUT2D eigenvalue weighted by Crippen LogP contribution is 2.23. The third-order valence-corrected chi connectivity index (χ3v) is 4.30. The molecule has 1 aromatic carbocycles. The largest absolute Gasteiger partial charge is 0.393 e. The number of thiocarbonyl (C=S) groups is 1. The zero-order valence-electron chi connectivity index (χ0n) is 10.9. The van der Waals surface area contributed by atoms with Gasteiger partial charge in [0.2, 0.25) is 0 Å². The van der Waals surface area contributed by atoms with Crippen LogP contribution in [0.15, 0.2) is 28.7 Å². The second-order valence-electron chi connectivity index (χ2n) is 5.00.